The Bertz CT molecular complexity index is 1130. The first-order valence-corrected chi connectivity index (χ1v) is 9.14. The number of nitrogens with zero attached hydrogens (tertiary/aromatic N) is 3. The van der Waals surface area contributed by atoms with Crippen LogP contribution in [0.25, 0.3) is 11.1 Å². The summed E-state index contributed by atoms with van der Waals surface area (Å²) < 4.78 is 37.4. The molecule has 1 amide bonds. The number of aryl methyl sites for hydroxylation is 2. The number of aromatic nitrogens is 3. The van der Waals surface area contributed by atoms with Gasteiger partial charge in [-0.2, -0.15) is 0 Å². The quantitative estimate of drug-likeness (QED) is 0.727. The lowest BCUT2D eigenvalue weighted by atomic mass is 9.99. The van der Waals surface area contributed by atoms with Gasteiger partial charge in [0, 0.05) is 18.7 Å². The summed E-state index contributed by atoms with van der Waals surface area (Å²) in [6.07, 6.45) is -1.86. The molecular weight excluding hydrogens is 382 g/mol. The molecule has 2 aromatic carbocycles. The number of fused-ring (bicyclic) bond motifs is 2. The summed E-state index contributed by atoms with van der Waals surface area (Å²) in [7, 11) is 0. The van der Waals surface area contributed by atoms with Gasteiger partial charge in [0.25, 0.3) is 5.91 Å². The third-order valence-corrected chi connectivity index (χ3v) is 5.01. The van der Waals surface area contributed by atoms with Gasteiger partial charge in [-0.15, -0.1) is 19.0 Å². The van der Waals surface area contributed by atoms with Gasteiger partial charge in [0.05, 0.1) is 0 Å². The maximum Gasteiger partial charge on any atom is 0.586 e. The molecule has 2 aliphatic rings. The third kappa shape index (κ3) is 3.08. The predicted octanol–water partition coefficient (Wildman–Crippen LogP) is 3.77. The van der Waals surface area contributed by atoms with Gasteiger partial charge in [-0.05, 0) is 54.3 Å². The minimum Gasteiger partial charge on any atom is -0.395 e. The van der Waals surface area contributed by atoms with Gasteiger partial charge in [-0.25, -0.2) is 0 Å². The van der Waals surface area contributed by atoms with Crippen molar-refractivity contribution in [3.63, 3.8) is 0 Å². The highest BCUT2D eigenvalue weighted by molar-refractivity contribution is 6.01. The number of rotatable bonds is 3. The van der Waals surface area contributed by atoms with Crippen LogP contribution in [0.2, 0.25) is 0 Å². The van der Waals surface area contributed by atoms with Crippen LogP contribution < -0.4 is 14.8 Å². The van der Waals surface area contributed by atoms with Crippen LogP contribution in [0.15, 0.2) is 36.4 Å². The lowest BCUT2D eigenvalue weighted by Gasteiger charge is -2.09. The summed E-state index contributed by atoms with van der Waals surface area (Å²) in [6, 6.07) is 10.1. The van der Waals surface area contributed by atoms with E-state index >= 15 is 0 Å². The van der Waals surface area contributed by atoms with Gasteiger partial charge in [0.1, 0.15) is 5.82 Å². The highest BCUT2D eigenvalue weighted by Crippen LogP contribution is 2.44. The van der Waals surface area contributed by atoms with E-state index in [-0.39, 0.29) is 17.4 Å². The molecule has 29 heavy (non-hydrogen) atoms. The number of carbonyl (C=O) groups is 1. The Kier molecular flexibility index (Phi) is 3.80. The zero-order valence-electron chi connectivity index (χ0n) is 15.4. The summed E-state index contributed by atoms with van der Waals surface area (Å²) in [5.74, 6) is 0.818. The first-order valence-electron chi connectivity index (χ1n) is 9.14. The zero-order chi connectivity index (χ0) is 20.2. The standard InChI is InChI=1S/C20H16F2N4O3/c1-11-9-15-16(29-20(21,22)28-15)10-14(11)12-4-6-13(7-5-12)23-19(27)18-25-24-17-3-2-8-26(17)18/h4-7,9-10H,2-3,8H2,1H3,(H,23,27). The van der Waals surface area contributed by atoms with Crippen molar-refractivity contribution in [2.45, 2.75) is 32.6 Å². The molecule has 1 N–H and O–H groups in total. The third-order valence-electron chi connectivity index (χ3n) is 5.01. The average Bonchev–Trinajstić information content (AvgIpc) is 3.34. The van der Waals surface area contributed by atoms with E-state index in [0.717, 1.165) is 41.9 Å². The fourth-order valence-electron chi connectivity index (χ4n) is 3.65. The summed E-state index contributed by atoms with van der Waals surface area (Å²) in [4.78, 5) is 12.5. The second-order valence-electron chi connectivity index (χ2n) is 7.01. The Balaban J connectivity index is 1.36. The number of halogens is 2. The van der Waals surface area contributed by atoms with Gasteiger partial charge >= 0.3 is 6.29 Å². The average molecular weight is 398 g/mol. The molecule has 0 atom stereocenters. The van der Waals surface area contributed by atoms with Gasteiger partial charge < -0.3 is 19.4 Å². The van der Waals surface area contributed by atoms with Crippen LogP contribution in [0.1, 0.15) is 28.4 Å². The molecule has 9 heteroatoms. The second kappa shape index (κ2) is 6.26. The number of nitrogens with one attached hydrogen (secondary N) is 1. The highest BCUT2D eigenvalue weighted by atomic mass is 19.3. The Morgan fingerprint density at radius 3 is 2.62 bits per heavy atom. The van der Waals surface area contributed by atoms with E-state index in [4.69, 9.17) is 0 Å². The van der Waals surface area contributed by atoms with Gasteiger partial charge in [0.15, 0.2) is 11.5 Å². The number of hydrogen-bond acceptors (Lipinski definition) is 5. The number of hydrogen-bond donors (Lipinski definition) is 1. The van der Waals surface area contributed by atoms with Crippen LogP contribution in [0.5, 0.6) is 11.5 Å². The van der Waals surface area contributed by atoms with Crippen LogP contribution in [0.3, 0.4) is 0 Å². The molecule has 0 aliphatic carbocycles. The van der Waals surface area contributed by atoms with E-state index in [1.54, 1.807) is 31.2 Å². The molecule has 0 spiro atoms. The van der Waals surface area contributed by atoms with Crippen molar-refractivity contribution in [2.75, 3.05) is 5.32 Å². The van der Waals surface area contributed by atoms with Crippen LogP contribution in [0, 0.1) is 6.92 Å². The van der Waals surface area contributed by atoms with Crippen molar-refractivity contribution in [3.05, 3.63) is 53.6 Å². The Morgan fingerprint density at radius 1 is 1.14 bits per heavy atom. The van der Waals surface area contributed by atoms with Gasteiger partial charge in [-0.3, -0.25) is 4.79 Å². The second-order valence-corrected chi connectivity index (χ2v) is 7.01. The predicted molar refractivity (Wildman–Crippen MR) is 99.1 cm³/mol. The summed E-state index contributed by atoms with van der Waals surface area (Å²) in [5.41, 5.74) is 2.89. The van der Waals surface area contributed by atoms with E-state index in [0.29, 0.717) is 11.5 Å². The summed E-state index contributed by atoms with van der Waals surface area (Å²) in [5, 5.41) is 10.8. The molecule has 7 nitrogen and oxygen atoms in total. The van der Waals surface area contributed by atoms with Gasteiger partial charge in [0.2, 0.25) is 5.82 Å². The molecule has 0 saturated heterocycles. The van der Waals surface area contributed by atoms with E-state index in [2.05, 4.69) is 25.0 Å². The lowest BCUT2D eigenvalue weighted by Crippen LogP contribution is -2.25. The minimum atomic E-state index is -3.65. The smallest absolute Gasteiger partial charge is 0.395 e. The highest BCUT2D eigenvalue weighted by Gasteiger charge is 2.43. The summed E-state index contributed by atoms with van der Waals surface area (Å²) >= 11 is 0. The Hall–Kier alpha value is -3.49. The maximum absolute atomic E-state index is 13.3. The molecule has 0 saturated carbocycles. The van der Waals surface area contributed by atoms with Crippen LogP contribution in [-0.4, -0.2) is 27.0 Å². The van der Waals surface area contributed by atoms with E-state index in [1.807, 2.05) is 4.57 Å². The Labute approximate surface area is 164 Å². The lowest BCUT2D eigenvalue weighted by molar-refractivity contribution is -0.286. The molecule has 2 aliphatic heterocycles. The molecule has 0 fully saturated rings. The first kappa shape index (κ1) is 17.6. The van der Waals surface area contributed by atoms with Crippen molar-refractivity contribution in [2.24, 2.45) is 0 Å². The Morgan fingerprint density at radius 2 is 1.86 bits per heavy atom. The number of ether oxygens (including phenoxy) is 2. The fraction of sp³-hybridized carbons (Fsp3) is 0.250. The van der Waals surface area contributed by atoms with Crippen LogP contribution in [0.4, 0.5) is 14.5 Å². The van der Waals surface area contributed by atoms with Crippen molar-refractivity contribution < 1.29 is 23.0 Å². The molecule has 3 aromatic rings. The summed E-state index contributed by atoms with van der Waals surface area (Å²) in [6.45, 7) is 2.55. The number of alkyl halides is 2. The number of carbonyl (C=O) groups excluding carboxylic acids is 1. The van der Waals surface area contributed by atoms with E-state index < -0.39 is 6.29 Å². The molecule has 0 radical (unpaired) electrons. The maximum atomic E-state index is 13.3. The molecular formula is C20H16F2N4O3. The van der Waals surface area contributed by atoms with E-state index in [1.165, 1.54) is 12.1 Å². The SMILES string of the molecule is Cc1cc2c(cc1-c1ccc(NC(=O)c3nnc4n3CCC4)cc1)OC(F)(F)O2. The van der Waals surface area contributed by atoms with E-state index in [9.17, 15) is 13.6 Å². The van der Waals surface area contributed by atoms with Crippen molar-refractivity contribution >= 4 is 11.6 Å². The largest absolute Gasteiger partial charge is 0.586 e. The van der Waals surface area contributed by atoms with Crippen molar-refractivity contribution in [1.82, 2.24) is 14.8 Å². The van der Waals surface area contributed by atoms with Crippen molar-refractivity contribution in [1.29, 1.82) is 0 Å². The van der Waals surface area contributed by atoms with Crippen LogP contribution in [-0.2, 0) is 13.0 Å². The molecule has 1 aromatic heterocycles. The van der Waals surface area contributed by atoms with Crippen LogP contribution >= 0.6 is 0 Å². The van der Waals surface area contributed by atoms with Crippen molar-refractivity contribution in [3.8, 4) is 22.6 Å². The molecule has 0 unspecified atom stereocenters. The fourth-order valence-corrected chi connectivity index (χ4v) is 3.65. The molecule has 0 bridgehead atoms. The van der Waals surface area contributed by atoms with Gasteiger partial charge in [-0.1, -0.05) is 12.1 Å². The molecule has 148 valence electrons. The first-order chi connectivity index (χ1) is 13.9. The molecule has 3 heterocycles. The normalized spacial score (nSPS) is 16.0. The minimum absolute atomic E-state index is 0.00589. The number of anilines is 1. The monoisotopic (exact) mass is 398 g/mol. The number of amides is 1. The number of benzene rings is 2. The molecule has 5 rings (SSSR count). The topological polar surface area (TPSA) is 78.3 Å². The zero-order valence-corrected chi connectivity index (χ0v) is 15.4.